The third-order valence-electron chi connectivity index (χ3n) is 7.00. The first-order valence-electron chi connectivity index (χ1n) is 12.7. The molecule has 0 saturated carbocycles. The van der Waals surface area contributed by atoms with Gasteiger partial charge in [0.1, 0.15) is 23.2 Å². The molecule has 190 valence electrons. The van der Waals surface area contributed by atoms with Crippen molar-refractivity contribution in [2.24, 2.45) is 0 Å². The normalized spacial score (nSPS) is 11.0. The van der Waals surface area contributed by atoms with E-state index in [1.807, 2.05) is 42.5 Å². The van der Waals surface area contributed by atoms with E-state index < -0.39 is 7.26 Å². The summed E-state index contributed by atoms with van der Waals surface area (Å²) >= 11 is 0. The molecule has 0 aromatic heterocycles. The Bertz CT molecular complexity index is 1430. The number of rotatable bonds is 7. The molecule has 0 aliphatic rings. The van der Waals surface area contributed by atoms with E-state index in [2.05, 4.69) is 106 Å². The van der Waals surface area contributed by atoms with Gasteiger partial charge in [0.05, 0.1) is 6.16 Å². The van der Waals surface area contributed by atoms with Crippen molar-refractivity contribution in [2.45, 2.75) is 26.9 Å². The fraction of sp³-hybridized carbons (Fsp3) is 0.114. The van der Waals surface area contributed by atoms with Crippen LogP contribution >= 0.6 is 7.26 Å². The lowest BCUT2D eigenvalue weighted by Gasteiger charge is -2.28. The van der Waals surface area contributed by atoms with E-state index in [0.29, 0.717) is 0 Å². The number of benzene rings is 5. The number of ketones is 1. The molecule has 0 spiro atoms. The SMILES string of the molecule is Cc1cccc([P+](Cc2ccc(C(=O)c3ccccc3)cc2)(c2cccc(C)c2)c2cccc(C)c2)c1.[Br-]. The van der Waals surface area contributed by atoms with Crippen molar-refractivity contribution < 1.29 is 21.8 Å². The van der Waals surface area contributed by atoms with E-state index >= 15 is 0 Å². The average molecular weight is 580 g/mol. The van der Waals surface area contributed by atoms with Crippen molar-refractivity contribution >= 4 is 29.0 Å². The first kappa shape index (κ1) is 27.7. The van der Waals surface area contributed by atoms with Crippen molar-refractivity contribution in [3.05, 3.63) is 161 Å². The van der Waals surface area contributed by atoms with E-state index in [0.717, 1.165) is 17.3 Å². The predicted molar refractivity (Wildman–Crippen MR) is 159 cm³/mol. The highest BCUT2D eigenvalue weighted by molar-refractivity contribution is 7.95. The van der Waals surface area contributed by atoms with Gasteiger partial charge in [-0.15, -0.1) is 0 Å². The lowest BCUT2D eigenvalue weighted by atomic mass is 10.0. The Morgan fingerprint density at radius 2 is 0.947 bits per heavy atom. The summed E-state index contributed by atoms with van der Waals surface area (Å²) in [6.45, 7) is 6.53. The molecular weight excluding hydrogens is 547 g/mol. The highest BCUT2D eigenvalue weighted by Gasteiger charge is 2.45. The van der Waals surface area contributed by atoms with Crippen LogP contribution in [0.15, 0.2) is 127 Å². The minimum atomic E-state index is -2.04. The van der Waals surface area contributed by atoms with Gasteiger partial charge in [-0.3, -0.25) is 4.79 Å². The van der Waals surface area contributed by atoms with Crippen LogP contribution < -0.4 is 32.9 Å². The fourth-order valence-corrected chi connectivity index (χ4v) is 9.60. The molecule has 5 rings (SSSR count). The Labute approximate surface area is 237 Å². The van der Waals surface area contributed by atoms with Gasteiger partial charge in [-0.25, -0.2) is 0 Å². The summed E-state index contributed by atoms with van der Waals surface area (Å²) in [7, 11) is -2.04. The number of carbonyl (C=O) groups excluding carboxylic acids is 1. The molecule has 0 N–H and O–H groups in total. The first-order valence-corrected chi connectivity index (χ1v) is 14.7. The largest absolute Gasteiger partial charge is 1.00 e. The zero-order valence-corrected chi connectivity index (χ0v) is 24.5. The van der Waals surface area contributed by atoms with Crippen LogP contribution in [0, 0.1) is 20.8 Å². The second kappa shape index (κ2) is 12.0. The smallest absolute Gasteiger partial charge is 0.193 e. The molecule has 0 heterocycles. The standard InChI is InChI=1S/C35H32OP.BrH/c1-26-10-7-15-32(22-26)37(33-16-8-11-27(2)23-33,34-17-9-12-28(3)24-34)25-29-18-20-31(21-19-29)35(36)30-13-5-4-6-14-30;/h4-24H,25H2,1-3H3;1H/q+1;/p-1. The Morgan fingerprint density at radius 3 is 1.37 bits per heavy atom. The van der Waals surface area contributed by atoms with Crippen LogP contribution in [0.2, 0.25) is 0 Å². The Morgan fingerprint density at radius 1 is 0.526 bits per heavy atom. The maximum absolute atomic E-state index is 13.0. The molecule has 0 amide bonds. The molecule has 5 aromatic rings. The van der Waals surface area contributed by atoms with E-state index in [1.54, 1.807) is 0 Å². The van der Waals surface area contributed by atoms with Gasteiger partial charge in [-0.05, 0) is 79.4 Å². The third kappa shape index (κ3) is 5.73. The molecule has 0 saturated heterocycles. The quantitative estimate of drug-likeness (QED) is 0.207. The Hall–Kier alpha value is -3.32. The molecule has 0 fully saturated rings. The molecule has 0 aliphatic carbocycles. The van der Waals surface area contributed by atoms with E-state index in [-0.39, 0.29) is 22.8 Å². The van der Waals surface area contributed by atoms with Crippen LogP contribution in [0.5, 0.6) is 0 Å². The molecular formula is C35H32BrOP. The number of aryl methyl sites for hydroxylation is 3. The molecule has 0 aliphatic heterocycles. The number of hydrogen-bond acceptors (Lipinski definition) is 1. The highest BCUT2D eigenvalue weighted by atomic mass is 79.9. The van der Waals surface area contributed by atoms with Gasteiger partial charge in [0, 0.05) is 11.1 Å². The maximum atomic E-state index is 13.0. The van der Waals surface area contributed by atoms with Gasteiger partial charge in [0.2, 0.25) is 0 Å². The summed E-state index contributed by atoms with van der Waals surface area (Å²) in [5, 5.41) is 4.15. The zero-order chi connectivity index (χ0) is 25.8. The third-order valence-corrected chi connectivity index (χ3v) is 11.3. The lowest BCUT2D eigenvalue weighted by molar-refractivity contribution is -0.0000147. The van der Waals surface area contributed by atoms with E-state index in [9.17, 15) is 4.79 Å². The number of carbonyl (C=O) groups is 1. The van der Waals surface area contributed by atoms with Crippen molar-refractivity contribution in [1.82, 2.24) is 0 Å². The van der Waals surface area contributed by atoms with Crippen LogP contribution in [0.4, 0.5) is 0 Å². The summed E-state index contributed by atoms with van der Waals surface area (Å²) < 4.78 is 0. The topological polar surface area (TPSA) is 17.1 Å². The lowest BCUT2D eigenvalue weighted by Crippen LogP contribution is -3.00. The van der Waals surface area contributed by atoms with Gasteiger partial charge in [-0.2, -0.15) is 0 Å². The molecule has 0 atom stereocenters. The molecule has 0 radical (unpaired) electrons. The molecule has 1 nitrogen and oxygen atoms in total. The summed E-state index contributed by atoms with van der Waals surface area (Å²) in [4.78, 5) is 13.0. The first-order chi connectivity index (χ1) is 18.0. The zero-order valence-electron chi connectivity index (χ0n) is 22.1. The molecule has 0 unspecified atom stereocenters. The van der Waals surface area contributed by atoms with E-state index in [4.69, 9.17) is 0 Å². The van der Waals surface area contributed by atoms with Crippen molar-refractivity contribution in [3.63, 3.8) is 0 Å². The van der Waals surface area contributed by atoms with Gasteiger partial charge in [0.25, 0.3) is 0 Å². The minimum Gasteiger partial charge on any atom is -1.00 e. The number of halogens is 1. The summed E-state index contributed by atoms with van der Waals surface area (Å²) in [6.07, 6.45) is 0.892. The molecule has 38 heavy (non-hydrogen) atoms. The van der Waals surface area contributed by atoms with Crippen molar-refractivity contribution in [3.8, 4) is 0 Å². The Balaban J connectivity index is 0.00000336. The second-order valence-corrected chi connectivity index (χ2v) is 13.4. The van der Waals surface area contributed by atoms with Crippen LogP contribution in [0.1, 0.15) is 38.2 Å². The summed E-state index contributed by atoms with van der Waals surface area (Å²) in [5.41, 5.74) is 6.49. The van der Waals surface area contributed by atoms with Crippen LogP contribution in [0.3, 0.4) is 0 Å². The van der Waals surface area contributed by atoms with Crippen molar-refractivity contribution in [1.29, 1.82) is 0 Å². The van der Waals surface area contributed by atoms with Gasteiger partial charge < -0.3 is 17.0 Å². The van der Waals surface area contributed by atoms with E-state index in [1.165, 1.54) is 38.2 Å². The molecule has 5 aromatic carbocycles. The molecule has 0 bridgehead atoms. The minimum absolute atomic E-state index is 0. The Kier molecular flexibility index (Phi) is 8.77. The van der Waals surface area contributed by atoms with Crippen LogP contribution in [0.25, 0.3) is 0 Å². The maximum Gasteiger partial charge on any atom is 0.193 e. The fourth-order valence-electron chi connectivity index (χ4n) is 5.11. The highest BCUT2D eigenvalue weighted by Crippen LogP contribution is 2.58. The monoisotopic (exact) mass is 578 g/mol. The van der Waals surface area contributed by atoms with Gasteiger partial charge in [0.15, 0.2) is 5.78 Å². The number of hydrogen-bond donors (Lipinski definition) is 0. The second-order valence-electron chi connectivity index (χ2n) is 9.88. The summed E-state index contributed by atoms with van der Waals surface area (Å²) in [5.74, 6) is 0.0595. The van der Waals surface area contributed by atoms with Crippen molar-refractivity contribution in [2.75, 3.05) is 0 Å². The average Bonchev–Trinajstić information content (AvgIpc) is 2.92. The molecule has 3 heteroatoms. The predicted octanol–water partition coefficient (Wildman–Crippen LogP) is 4.34. The van der Waals surface area contributed by atoms with Gasteiger partial charge in [-0.1, -0.05) is 91.0 Å². The summed E-state index contributed by atoms with van der Waals surface area (Å²) in [6, 6.07) is 44.9. The van der Waals surface area contributed by atoms with Crippen LogP contribution in [-0.2, 0) is 6.16 Å². The van der Waals surface area contributed by atoms with Gasteiger partial charge >= 0.3 is 0 Å². The van der Waals surface area contributed by atoms with Crippen LogP contribution in [-0.4, -0.2) is 5.78 Å².